The molecular formula is C30H35N3O4. The molecule has 0 saturated carbocycles. The molecule has 0 spiro atoms. The molecule has 1 fully saturated rings. The summed E-state index contributed by atoms with van der Waals surface area (Å²) in [6.45, 7) is 4.27. The first kappa shape index (κ1) is 25.2. The average Bonchev–Trinajstić information content (AvgIpc) is 3.63. The fourth-order valence-electron chi connectivity index (χ4n) is 6.04. The summed E-state index contributed by atoms with van der Waals surface area (Å²) in [7, 11) is 0. The molecule has 0 aromatic heterocycles. The minimum atomic E-state index is -0.791. The number of allylic oxidation sites excluding steroid dienone is 1. The second-order valence-electron chi connectivity index (χ2n) is 10.7. The minimum Gasteiger partial charge on any atom is -0.391 e. The molecule has 0 bridgehead atoms. The Bertz CT molecular complexity index is 1190. The number of carbonyl (C=O) groups excluding carboxylic acids is 3. The summed E-state index contributed by atoms with van der Waals surface area (Å²) in [6.07, 6.45) is 5.59. The predicted octanol–water partition coefficient (Wildman–Crippen LogP) is 3.45. The molecule has 2 aromatic rings. The lowest BCUT2D eigenvalue weighted by atomic mass is 9.92. The third kappa shape index (κ3) is 4.92. The molecule has 2 N–H and O–H groups in total. The van der Waals surface area contributed by atoms with E-state index in [1.807, 2.05) is 62.4 Å². The number of nitrogens with zero attached hydrogens (tertiary/aromatic N) is 2. The maximum Gasteiger partial charge on any atom is 0.255 e. The van der Waals surface area contributed by atoms with Crippen LogP contribution in [0.25, 0.3) is 0 Å². The van der Waals surface area contributed by atoms with Gasteiger partial charge in [0.2, 0.25) is 11.8 Å². The Morgan fingerprint density at radius 1 is 1.05 bits per heavy atom. The van der Waals surface area contributed by atoms with Gasteiger partial charge in [-0.1, -0.05) is 74.5 Å². The summed E-state index contributed by atoms with van der Waals surface area (Å²) in [5.74, 6) is -0.707. The van der Waals surface area contributed by atoms with Gasteiger partial charge in [0.05, 0.1) is 12.1 Å². The third-order valence-corrected chi connectivity index (χ3v) is 7.87. The van der Waals surface area contributed by atoms with E-state index in [9.17, 15) is 19.5 Å². The number of fused-ring (bicyclic) bond motifs is 1. The van der Waals surface area contributed by atoms with Gasteiger partial charge in [-0.3, -0.25) is 14.4 Å². The second kappa shape index (κ2) is 10.5. The van der Waals surface area contributed by atoms with Crippen LogP contribution in [0.5, 0.6) is 0 Å². The molecule has 7 heteroatoms. The number of β-amino-alcohol motifs (C(OH)–C–C–N with tert-alkyl or cyclic N) is 1. The van der Waals surface area contributed by atoms with Gasteiger partial charge in [0.25, 0.3) is 5.91 Å². The smallest absolute Gasteiger partial charge is 0.255 e. The van der Waals surface area contributed by atoms with Gasteiger partial charge in [-0.25, -0.2) is 0 Å². The van der Waals surface area contributed by atoms with Crippen LogP contribution in [-0.4, -0.2) is 57.4 Å². The van der Waals surface area contributed by atoms with E-state index in [1.54, 1.807) is 11.0 Å². The van der Waals surface area contributed by atoms with Crippen molar-refractivity contribution in [1.29, 1.82) is 0 Å². The highest BCUT2D eigenvalue weighted by Gasteiger charge is 2.46. The van der Waals surface area contributed by atoms with Gasteiger partial charge in [0.1, 0.15) is 12.1 Å². The number of nitrogens with one attached hydrogen (secondary N) is 1. The molecule has 1 saturated heterocycles. The van der Waals surface area contributed by atoms with E-state index in [1.165, 1.54) is 4.90 Å². The van der Waals surface area contributed by atoms with Crippen LogP contribution in [0.15, 0.2) is 66.7 Å². The van der Waals surface area contributed by atoms with Crippen molar-refractivity contribution in [2.24, 2.45) is 11.8 Å². The topological polar surface area (TPSA) is 89.9 Å². The average molecular weight is 502 g/mol. The lowest BCUT2D eigenvalue weighted by molar-refractivity contribution is -0.143. The van der Waals surface area contributed by atoms with Gasteiger partial charge in [-0.05, 0) is 36.0 Å². The standard InChI is InChI=1S/C30H35N3O4/c1-19(2)27(33-17-22-14-8-9-15-24(22)29(33)36)30(37)32-18-23(34)16-25(32)28(35)31-26(21-12-6-7-13-21)20-10-4-3-5-11-20/h3-6,8-12,14-15,19,21,23,25-27,34H,7,13,16-18H2,1-2H3,(H,31,35)/t21?,23-,25+,26?,27+/m1/s1. The van der Waals surface area contributed by atoms with Crippen LogP contribution >= 0.6 is 0 Å². The molecule has 5 atom stereocenters. The Balaban J connectivity index is 1.37. The number of hydrogen-bond acceptors (Lipinski definition) is 4. The summed E-state index contributed by atoms with van der Waals surface area (Å²) in [5.41, 5.74) is 2.54. The maximum atomic E-state index is 14.0. The van der Waals surface area contributed by atoms with Gasteiger partial charge in [0.15, 0.2) is 0 Å². The van der Waals surface area contributed by atoms with E-state index in [-0.39, 0.29) is 48.6 Å². The number of aliphatic hydroxyl groups excluding tert-OH is 1. The first-order chi connectivity index (χ1) is 17.8. The van der Waals surface area contributed by atoms with E-state index in [0.29, 0.717) is 12.1 Å². The van der Waals surface area contributed by atoms with Crippen molar-refractivity contribution in [2.45, 2.75) is 63.9 Å². The number of rotatable bonds is 7. The first-order valence-corrected chi connectivity index (χ1v) is 13.2. The highest BCUT2D eigenvalue weighted by Crippen LogP contribution is 2.33. The Morgan fingerprint density at radius 2 is 1.78 bits per heavy atom. The van der Waals surface area contributed by atoms with Gasteiger partial charge >= 0.3 is 0 Å². The van der Waals surface area contributed by atoms with Crippen LogP contribution in [0.1, 0.15) is 60.6 Å². The highest BCUT2D eigenvalue weighted by molar-refractivity contribution is 6.01. The summed E-state index contributed by atoms with van der Waals surface area (Å²) in [5, 5.41) is 13.8. The van der Waals surface area contributed by atoms with Crippen molar-refractivity contribution in [3.63, 3.8) is 0 Å². The van der Waals surface area contributed by atoms with Crippen LogP contribution in [0.3, 0.4) is 0 Å². The molecule has 37 heavy (non-hydrogen) atoms. The zero-order valence-electron chi connectivity index (χ0n) is 21.4. The molecule has 2 heterocycles. The van der Waals surface area contributed by atoms with Crippen LogP contribution in [-0.2, 0) is 16.1 Å². The number of amides is 3. The zero-order valence-corrected chi connectivity index (χ0v) is 21.4. The van der Waals surface area contributed by atoms with E-state index >= 15 is 0 Å². The van der Waals surface area contributed by atoms with Gasteiger partial charge in [-0.2, -0.15) is 0 Å². The molecule has 1 aliphatic carbocycles. The fraction of sp³-hybridized carbons (Fsp3) is 0.433. The number of carbonyl (C=O) groups is 3. The van der Waals surface area contributed by atoms with Crippen LogP contribution < -0.4 is 5.32 Å². The maximum absolute atomic E-state index is 14.0. The van der Waals surface area contributed by atoms with Crippen molar-refractivity contribution in [3.8, 4) is 0 Å². The number of hydrogen-bond donors (Lipinski definition) is 2. The molecule has 2 aliphatic heterocycles. The summed E-state index contributed by atoms with van der Waals surface area (Å²) in [6, 6.07) is 15.6. The van der Waals surface area contributed by atoms with Crippen LogP contribution in [0.2, 0.25) is 0 Å². The molecular weight excluding hydrogens is 466 g/mol. The summed E-state index contributed by atoms with van der Waals surface area (Å²) >= 11 is 0. The quantitative estimate of drug-likeness (QED) is 0.569. The Hall–Kier alpha value is -3.45. The van der Waals surface area contributed by atoms with Crippen molar-refractivity contribution < 1.29 is 19.5 Å². The molecule has 2 unspecified atom stereocenters. The van der Waals surface area contributed by atoms with Crippen LogP contribution in [0, 0.1) is 11.8 Å². The fourth-order valence-corrected chi connectivity index (χ4v) is 6.04. The summed E-state index contributed by atoms with van der Waals surface area (Å²) in [4.78, 5) is 44.0. The predicted molar refractivity (Wildman–Crippen MR) is 140 cm³/mol. The summed E-state index contributed by atoms with van der Waals surface area (Å²) < 4.78 is 0. The highest BCUT2D eigenvalue weighted by atomic mass is 16.3. The molecule has 0 radical (unpaired) electrons. The zero-order chi connectivity index (χ0) is 26.1. The number of likely N-dealkylation sites (tertiary alicyclic amines) is 1. The van der Waals surface area contributed by atoms with Crippen LogP contribution in [0.4, 0.5) is 0 Å². The second-order valence-corrected chi connectivity index (χ2v) is 10.7. The lowest BCUT2D eigenvalue weighted by Crippen LogP contribution is -2.55. The van der Waals surface area contributed by atoms with Crippen molar-refractivity contribution in [3.05, 3.63) is 83.4 Å². The SMILES string of the molecule is CC(C)[C@@H](C(=O)N1C[C@H](O)C[C@H]1C(=O)NC(c1ccccc1)C1C=CCC1)N1Cc2ccccc2C1=O. The largest absolute Gasteiger partial charge is 0.391 e. The molecule has 3 amide bonds. The molecule has 194 valence electrons. The van der Waals surface area contributed by atoms with Crippen molar-refractivity contribution in [1.82, 2.24) is 15.1 Å². The van der Waals surface area contributed by atoms with Crippen molar-refractivity contribution in [2.75, 3.05) is 6.54 Å². The monoisotopic (exact) mass is 501 g/mol. The Morgan fingerprint density at radius 3 is 2.46 bits per heavy atom. The first-order valence-electron chi connectivity index (χ1n) is 13.2. The third-order valence-electron chi connectivity index (χ3n) is 7.87. The van der Waals surface area contributed by atoms with Gasteiger partial charge in [-0.15, -0.1) is 0 Å². The van der Waals surface area contributed by atoms with E-state index < -0.39 is 18.2 Å². The van der Waals surface area contributed by atoms with Gasteiger partial charge in [0, 0.05) is 31.0 Å². The lowest BCUT2D eigenvalue weighted by Gasteiger charge is -2.35. The Labute approximate surface area is 218 Å². The molecule has 3 aliphatic rings. The van der Waals surface area contributed by atoms with Crippen molar-refractivity contribution >= 4 is 17.7 Å². The minimum absolute atomic E-state index is 0.0778. The van der Waals surface area contributed by atoms with E-state index in [2.05, 4.69) is 17.5 Å². The number of benzene rings is 2. The van der Waals surface area contributed by atoms with E-state index in [0.717, 1.165) is 24.0 Å². The molecule has 7 nitrogen and oxygen atoms in total. The Kier molecular flexibility index (Phi) is 7.15. The van der Waals surface area contributed by atoms with Gasteiger partial charge < -0.3 is 20.2 Å². The molecule has 2 aromatic carbocycles. The van der Waals surface area contributed by atoms with E-state index in [4.69, 9.17) is 0 Å². The number of aliphatic hydroxyl groups is 1. The molecule has 5 rings (SSSR count). The normalized spacial score (nSPS) is 24.4.